The van der Waals surface area contributed by atoms with E-state index in [1.807, 2.05) is 13.8 Å². The minimum absolute atomic E-state index is 0.0853. The minimum atomic E-state index is -3.92. The van der Waals surface area contributed by atoms with Crippen molar-refractivity contribution in [3.63, 3.8) is 0 Å². The van der Waals surface area contributed by atoms with Crippen molar-refractivity contribution in [1.82, 2.24) is 34.9 Å². The minimum Gasteiger partial charge on any atom is -0.508 e. The standard InChI is InChI=1S/C35H40F2N8O9/c1-6-38-32(52)29-43-42-28(21-13-20(16(2)3)22(47)14-23(21)48)45(29)19-9-7-18(8-10-19)30(50)41-26(17(4)5)31(51)39-25-11-12-44(34(53)40-25)33-35(36,37)27(49)24(15-46)54-33/h7-14,16-17,24,26-27,33,46-49H,6,15H2,1-5H3,(H,38,52)(H,41,50)(H,39,40,51,53)/t24-,26+,27-,33-/m1/s1. The molecule has 1 saturated heterocycles. The Morgan fingerprint density at radius 1 is 1.00 bits per heavy atom. The number of aromatic hydroxyl groups is 2. The summed E-state index contributed by atoms with van der Waals surface area (Å²) in [4.78, 5) is 56.0. The summed E-state index contributed by atoms with van der Waals surface area (Å²) in [6.07, 6.45) is -5.36. The maximum absolute atomic E-state index is 14.6. The van der Waals surface area contributed by atoms with Gasteiger partial charge in [0.2, 0.25) is 18.0 Å². The van der Waals surface area contributed by atoms with Crippen molar-refractivity contribution < 1.29 is 48.3 Å². The number of rotatable bonds is 12. The van der Waals surface area contributed by atoms with Gasteiger partial charge in [0, 0.05) is 30.1 Å². The fourth-order valence-corrected chi connectivity index (χ4v) is 5.83. The van der Waals surface area contributed by atoms with Crippen LogP contribution in [0.1, 0.15) is 73.3 Å². The first kappa shape index (κ1) is 39.4. The molecule has 4 atom stereocenters. The Morgan fingerprint density at radius 3 is 2.26 bits per heavy atom. The molecule has 7 N–H and O–H groups in total. The first-order chi connectivity index (χ1) is 25.5. The van der Waals surface area contributed by atoms with Gasteiger partial charge in [-0.3, -0.25) is 23.5 Å². The Morgan fingerprint density at radius 2 is 1.69 bits per heavy atom. The molecule has 2 aromatic carbocycles. The van der Waals surface area contributed by atoms with Gasteiger partial charge >= 0.3 is 11.6 Å². The molecular weight excluding hydrogens is 714 g/mol. The summed E-state index contributed by atoms with van der Waals surface area (Å²) >= 11 is 0. The van der Waals surface area contributed by atoms with Crippen LogP contribution in [0.5, 0.6) is 11.5 Å². The number of carbonyl (C=O) groups excluding carboxylic acids is 3. The zero-order valence-electron chi connectivity index (χ0n) is 29.8. The van der Waals surface area contributed by atoms with E-state index in [1.165, 1.54) is 34.9 Å². The summed E-state index contributed by atoms with van der Waals surface area (Å²) in [5, 5.41) is 56.1. The van der Waals surface area contributed by atoms with Gasteiger partial charge in [0.15, 0.2) is 11.9 Å². The van der Waals surface area contributed by atoms with Crippen molar-refractivity contribution >= 4 is 23.5 Å². The number of nitrogens with zero attached hydrogens (tertiary/aromatic N) is 5. The van der Waals surface area contributed by atoms with Gasteiger partial charge in [0.05, 0.1) is 12.2 Å². The Hall–Kier alpha value is -5.79. The number of benzene rings is 2. The van der Waals surface area contributed by atoms with E-state index in [-0.39, 0.29) is 52.6 Å². The van der Waals surface area contributed by atoms with Gasteiger partial charge in [0.1, 0.15) is 29.5 Å². The number of aliphatic hydroxyl groups is 2. The molecule has 19 heteroatoms. The van der Waals surface area contributed by atoms with E-state index in [1.54, 1.807) is 26.8 Å². The highest BCUT2D eigenvalue weighted by Gasteiger charge is 2.59. The molecule has 288 valence electrons. The van der Waals surface area contributed by atoms with Crippen molar-refractivity contribution in [3.05, 3.63) is 76.1 Å². The molecule has 1 aliphatic rings. The molecule has 3 heterocycles. The Balaban J connectivity index is 1.37. The summed E-state index contributed by atoms with van der Waals surface area (Å²) in [6, 6.07) is 8.51. The third kappa shape index (κ3) is 7.64. The van der Waals surface area contributed by atoms with Crippen LogP contribution >= 0.6 is 0 Å². The van der Waals surface area contributed by atoms with Gasteiger partial charge in [-0.15, -0.1) is 10.2 Å². The Bertz CT molecular complexity index is 2100. The summed E-state index contributed by atoms with van der Waals surface area (Å²) in [5.74, 6) is -7.28. The molecule has 3 amide bonds. The second-order valence-electron chi connectivity index (χ2n) is 13.2. The van der Waals surface area contributed by atoms with Crippen LogP contribution in [0.3, 0.4) is 0 Å². The van der Waals surface area contributed by atoms with Crippen molar-refractivity contribution in [2.24, 2.45) is 5.92 Å². The monoisotopic (exact) mass is 754 g/mol. The summed E-state index contributed by atoms with van der Waals surface area (Å²) in [5.41, 5.74) is -0.0668. The molecule has 0 unspecified atom stereocenters. The quantitative estimate of drug-likeness (QED) is 0.110. The average molecular weight is 755 g/mol. The average Bonchev–Trinajstić information content (AvgIpc) is 3.65. The number of anilines is 1. The van der Waals surface area contributed by atoms with Crippen LogP contribution in [0.25, 0.3) is 17.1 Å². The zero-order valence-corrected chi connectivity index (χ0v) is 29.8. The predicted molar refractivity (Wildman–Crippen MR) is 187 cm³/mol. The number of aromatic nitrogens is 5. The summed E-state index contributed by atoms with van der Waals surface area (Å²) in [6.45, 7) is 8.12. The molecule has 1 fully saturated rings. The van der Waals surface area contributed by atoms with E-state index in [9.17, 15) is 48.4 Å². The number of hydrogen-bond acceptors (Lipinski definition) is 12. The second kappa shape index (κ2) is 15.7. The summed E-state index contributed by atoms with van der Waals surface area (Å²) < 4.78 is 35.9. The molecule has 0 spiro atoms. The first-order valence-electron chi connectivity index (χ1n) is 16.9. The lowest BCUT2D eigenvalue weighted by Crippen LogP contribution is -2.47. The Kier molecular flexibility index (Phi) is 11.4. The number of nitrogens with one attached hydrogen (secondary N) is 3. The molecule has 1 aliphatic heterocycles. The van der Waals surface area contributed by atoms with Crippen LogP contribution in [0.15, 0.2) is 53.5 Å². The SMILES string of the molecule is CCNC(=O)c1nnc(-c2cc(C(C)C)c(O)cc2O)n1-c1ccc(C(=O)N[C@H](C(=O)Nc2ccn([C@@H]3O[C@H](CO)[C@@H](O)C3(F)F)c(=O)n2)C(C)C)cc1. The number of hydrogen-bond donors (Lipinski definition) is 7. The number of phenols is 2. The van der Waals surface area contributed by atoms with Gasteiger partial charge in [-0.25, -0.2) is 4.79 Å². The number of amides is 3. The maximum atomic E-state index is 14.6. The topological polar surface area (TPSA) is 243 Å². The fraction of sp³-hybridized carbons (Fsp3) is 0.400. The van der Waals surface area contributed by atoms with Crippen LogP contribution in [-0.4, -0.2) is 99.8 Å². The molecule has 17 nitrogen and oxygen atoms in total. The second-order valence-corrected chi connectivity index (χ2v) is 13.2. The number of aliphatic hydroxyl groups excluding tert-OH is 2. The van der Waals surface area contributed by atoms with Gasteiger partial charge in [-0.2, -0.15) is 13.8 Å². The van der Waals surface area contributed by atoms with E-state index >= 15 is 0 Å². The number of carbonyl (C=O) groups is 3. The third-order valence-electron chi connectivity index (χ3n) is 8.73. The van der Waals surface area contributed by atoms with E-state index in [2.05, 4.69) is 31.1 Å². The van der Waals surface area contributed by atoms with E-state index in [4.69, 9.17) is 4.74 Å². The van der Waals surface area contributed by atoms with Crippen molar-refractivity contribution in [1.29, 1.82) is 0 Å². The zero-order chi connectivity index (χ0) is 39.6. The van der Waals surface area contributed by atoms with Gasteiger partial charge < -0.3 is 41.1 Å². The van der Waals surface area contributed by atoms with Crippen LogP contribution in [0.2, 0.25) is 0 Å². The first-order valence-corrected chi connectivity index (χ1v) is 16.9. The molecule has 0 bridgehead atoms. The summed E-state index contributed by atoms with van der Waals surface area (Å²) in [7, 11) is 0. The highest BCUT2D eigenvalue weighted by atomic mass is 19.3. The van der Waals surface area contributed by atoms with Crippen LogP contribution in [0, 0.1) is 5.92 Å². The third-order valence-corrected chi connectivity index (χ3v) is 8.73. The van der Waals surface area contributed by atoms with E-state index in [0.717, 1.165) is 12.3 Å². The van der Waals surface area contributed by atoms with E-state index in [0.29, 0.717) is 15.8 Å². The lowest BCUT2D eigenvalue weighted by molar-refractivity contribution is -0.141. The molecule has 5 rings (SSSR count). The lowest BCUT2D eigenvalue weighted by Gasteiger charge is -2.22. The van der Waals surface area contributed by atoms with Crippen LogP contribution in [0.4, 0.5) is 14.6 Å². The number of ether oxygens (including phenoxy) is 1. The van der Waals surface area contributed by atoms with Crippen molar-refractivity contribution in [2.45, 2.75) is 70.9 Å². The number of halogens is 2. The number of alkyl halides is 2. The molecule has 4 aromatic rings. The smallest absolute Gasteiger partial charge is 0.351 e. The molecule has 2 aromatic heterocycles. The number of phenolic OH excluding ortho intramolecular Hbond substituents is 2. The lowest BCUT2D eigenvalue weighted by atomic mass is 9.98. The highest BCUT2D eigenvalue weighted by molar-refractivity contribution is 6.01. The molecular formula is C35H40F2N8O9. The van der Waals surface area contributed by atoms with E-state index < -0.39 is 66.3 Å². The normalized spacial score (nSPS) is 18.5. The van der Waals surface area contributed by atoms with Crippen LogP contribution < -0.4 is 21.6 Å². The maximum Gasteiger partial charge on any atom is 0.351 e. The molecule has 0 saturated carbocycles. The largest absolute Gasteiger partial charge is 0.508 e. The highest BCUT2D eigenvalue weighted by Crippen LogP contribution is 2.42. The predicted octanol–water partition coefficient (Wildman–Crippen LogP) is 2.05. The van der Waals surface area contributed by atoms with Crippen molar-refractivity contribution in [2.75, 3.05) is 18.5 Å². The van der Waals surface area contributed by atoms with Gasteiger partial charge in [-0.1, -0.05) is 27.7 Å². The molecule has 0 aliphatic carbocycles. The Labute approximate surface area is 306 Å². The van der Waals surface area contributed by atoms with Gasteiger partial charge in [0.25, 0.3) is 11.8 Å². The van der Waals surface area contributed by atoms with Gasteiger partial charge in [-0.05, 0) is 60.7 Å². The van der Waals surface area contributed by atoms with Crippen molar-refractivity contribution in [3.8, 4) is 28.6 Å². The fourth-order valence-electron chi connectivity index (χ4n) is 5.83. The molecule has 0 radical (unpaired) electrons. The molecule has 54 heavy (non-hydrogen) atoms. The van der Waals surface area contributed by atoms with Crippen LogP contribution in [-0.2, 0) is 9.53 Å².